The van der Waals surface area contributed by atoms with Crippen molar-refractivity contribution in [3.8, 4) is 0 Å². The molecule has 4 heteroatoms. The first-order chi connectivity index (χ1) is 11.2. The maximum atomic E-state index is 12.9. The molecule has 0 unspecified atom stereocenters. The zero-order valence-corrected chi connectivity index (χ0v) is 13.7. The van der Waals surface area contributed by atoms with Crippen molar-refractivity contribution in [3.63, 3.8) is 0 Å². The van der Waals surface area contributed by atoms with Crippen molar-refractivity contribution in [2.45, 2.75) is 32.4 Å². The highest BCUT2D eigenvalue weighted by Crippen LogP contribution is 2.34. The van der Waals surface area contributed by atoms with Gasteiger partial charge in [-0.3, -0.25) is 4.79 Å². The topological polar surface area (TPSA) is 42.4 Å². The van der Waals surface area contributed by atoms with Gasteiger partial charge >= 0.3 is 0 Å². The monoisotopic (exact) mass is 310 g/mol. The lowest BCUT2D eigenvalue weighted by atomic mass is 9.99. The predicted octanol–water partition coefficient (Wildman–Crippen LogP) is 3.51. The van der Waals surface area contributed by atoms with E-state index in [1.807, 2.05) is 29.2 Å². The fraction of sp³-hybridized carbons (Fsp3) is 0.368. The second-order valence-electron chi connectivity index (χ2n) is 5.96. The zero-order chi connectivity index (χ0) is 16.2. The quantitative estimate of drug-likeness (QED) is 0.868. The lowest BCUT2D eigenvalue weighted by molar-refractivity contribution is 0.0728. The van der Waals surface area contributed by atoms with Gasteiger partial charge in [-0.15, -0.1) is 0 Å². The third-order valence-corrected chi connectivity index (χ3v) is 4.38. The van der Waals surface area contributed by atoms with Gasteiger partial charge in [-0.2, -0.15) is 0 Å². The molecule has 1 saturated heterocycles. The summed E-state index contributed by atoms with van der Waals surface area (Å²) in [5, 5.41) is 0. The second-order valence-corrected chi connectivity index (χ2v) is 5.96. The third-order valence-electron chi connectivity index (χ3n) is 4.38. The molecule has 0 radical (unpaired) electrons. The number of nitrogens with zero attached hydrogens (tertiary/aromatic N) is 2. The van der Waals surface area contributed by atoms with E-state index >= 15 is 0 Å². The average molecular weight is 310 g/mol. The normalized spacial score (nSPS) is 17.5. The summed E-state index contributed by atoms with van der Waals surface area (Å²) in [4.78, 5) is 19.3. The highest BCUT2D eigenvalue weighted by molar-refractivity contribution is 5.92. The minimum absolute atomic E-state index is 0.00806. The number of hydrogen-bond acceptors (Lipinski definition) is 3. The summed E-state index contributed by atoms with van der Waals surface area (Å²) in [5.74, 6) is 0.00806. The fourth-order valence-corrected chi connectivity index (χ4v) is 3.27. The van der Waals surface area contributed by atoms with E-state index in [0.29, 0.717) is 12.3 Å². The zero-order valence-electron chi connectivity index (χ0n) is 13.7. The van der Waals surface area contributed by atoms with E-state index in [9.17, 15) is 4.79 Å². The van der Waals surface area contributed by atoms with Gasteiger partial charge < -0.3 is 9.64 Å². The molecule has 1 aromatic carbocycles. The van der Waals surface area contributed by atoms with Crippen LogP contribution >= 0.6 is 0 Å². The van der Waals surface area contributed by atoms with Crippen molar-refractivity contribution in [2.24, 2.45) is 0 Å². The van der Waals surface area contributed by atoms with E-state index in [1.54, 1.807) is 13.2 Å². The first-order valence-corrected chi connectivity index (χ1v) is 8.02. The first kappa shape index (κ1) is 15.7. The first-order valence-electron chi connectivity index (χ1n) is 8.02. The van der Waals surface area contributed by atoms with Crippen molar-refractivity contribution in [1.82, 2.24) is 9.88 Å². The van der Waals surface area contributed by atoms with Gasteiger partial charge in [-0.1, -0.05) is 30.3 Å². The van der Waals surface area contributed by atoms with E-state index < -0.39 is 0 Å². The minimum Gasteiger partial charge on any atom is -0.378 e. The van der Waals surface area contributed by atoms with Crippen LogP contribution in [0.4, 0.5) is 0 Å². The van der Waals surface area contributed by atoms with E-state index in [-0.39, 0.29) is 11.9 Å². The minimum atomic E-state index is 0.00806. The largest absolute Gasteiger partial charge is 0.378 e. The van der Waals surface area contributed by atoms with E-state index in [1.165, 1.54) is 11.1 Å². The highest BCUT2D eigenvalue weighted by Gasteiger charge is 2.31. The van der Waals surface area contributed by atoms with Crippen molar-refractivity contribution >= 4 is 5.91 Å². The summed E-state index contributed by atoms with van der Waals surface area (Å²) in [6, 6.07) is 14.0. The SMILES string of the molecule is COCc1cccc(C(=O)N2CCC[C@H]2c2ccccc2C)n1. The summed E-state index contributed by atoms with van der Waals surface area (Å²) in [7, 11) is 1.63. The maximum absolute atomic E-state index is 12.9. The lowest BCUT2D eigenvalue weighted by Crippen LogP contribution is -2.31. The summed E-state index contributed by atoms with van der Waals surface area (Å²) >= 11 is 0. The Kier molecular flexibility index (Phi) is 4.72. The number of benzene rings is 1. The molecule has 120 valence electrons. The van der Waals surface area contributed by atoms with Gasteiger partial charge in [-0.05, 0) is 43.0 Å². The van der Waals surface area contributed by atoms with Crippen LogP contribution in [0.3, 0.4) is 0 Å². The molecule has 1 aliphatic rings. The molecule has 4 nitrogen and oxygen atoms in total. The molecule has 23 heavy (non-hydrogen) atoms. The van der Waals surface area contributed by atoms with Crippen LogP contribution in [0.1, 0.15) is 46.2 Å². The molecular formula is C19H22N2O2. The van der Waals surface area contributed by atoms with Gasteiger partial charge in [0.2, 0.25) is 0 Å². The van der Waals surface area contributed by atoms with Crippen LogP contribution in [0.2, 0.25) is 0 Å². The number of methoxy groups -OCH3 is 1. The maximum Gasteiger partial charge on any atom is 0.272 e. The van der Waals surface area contributed by atoms with Gasteiger partial charge in [0, 0.05) is 13.7 Å². The number of ether oxygens (including phenoxy) is 1. The van der Waals surface area contributed by atoms with Gasteiger partial charge in [0.25, 0.3) is 5.91 Å². The Hall–Kier alpha value is -2.20. The molecule has 0 aliphatic carbocycles. The van der Waals surface area contributed by atoms with Crippen molar-refractivity contribution < 1.29 is 9.53 Å². The number of aryl methyl sites for hydroxylation is 1. The van der Waals surface area contributed by atoms with Gasteiger partial charge in [0.1, 0.15) is 5.69 Å². The molecule has 1 aliphatic heterocycles. The molecule has 1 amide bonds. The number of amides is 1. The second kappa shape index (κ2) is 6.92. The van der Waals surface area contributed by atoms with Crippen LogP contribution in [0.5, 0.6) is 0 Å². The van der Waals surface area contributed by atoms with Crippen LogP contribution in [-0.4, -0.2) is 29.4 Å². The molecule has 2 aromatic rings. The standard InChI is InChI=1S/C19H22N2O2/c1-14-7-3-4-9-16(14)18-11-6-12-21(18)19(22)17-10-5-8-15(20-17)13-23-2/h3-5,7-10,18H,6,11-13H2,1-2H3/t18-/m0/s1. The van der Waals surface area contributed by atoms with E-state index in [4.69, 9.17) is 4.74 Å². The van der Waals surface area contributed by atoms with E-state index in [2.05, 4.69) is 24.0 Å². The van der Waals surface area contributed by atoms with E-state index in [0.717, 1.165) is 25.1 Å². The Labute approximate surface area is 137 Å². The van der Waals surface area contributed by atoms with Gasteiger partial charge in [0.15, 0.2) is 0 Å². The van der Waals surface area contributed by atoms with Gasteiger partial charge in [0.05, 0.1) is 18.3 Å². The number of likely N-dealkylation sites (tertiary alicyclic amines) is 1. The van der Waals surface area contributed by atoms with Crippen LogP contribution in [0.15, 0.2) is 42.5 Å². The average Bonchev–Trinajstić information content (AvgIpc) is 3.04. The van der Waals surface area contributed by atoms with Crippen LogP contribution in [0.25, 0.3) is 0 Å². The molecule has 2 heterocycles. The van der Waals surface area contributed by atoms with Crippen molar-refractivity contribution in [1.29, 1.82) is 0 Å². The summed E-state index contributed by atoms with van der Waals surface area (Å²) in [5.41, 5.74) is 3.76. The van der Waals surface area contributed by atoms with Crippen LogP contribution in [-0.2, 0) is 11.3 Å². The van der Waals surface area contributed by atoms with Crippen LogP contribution < -0.4 is 0 Å². The summed E-state index contributed by atoms with van der Waals surface area (Å²) in [6.07, 6.45) is 2.04. The highest BCUT2D eigenvalue weighted by atomic mass is 16.5. The molecule has 1 fully saturated rings. The Morgan fingerprint density at radius 2 is 2.09 bits per heavy atom. The lowest BCUT2D eigenvalue weighted by Gasteiger charge is -2.26. The molecule has 0 bridgehead atoms. The van der Waals surface area contributed by atoms with Crippen molar-refractivity contribution in [2.75, 3.05) is 13.7 Å². The fourth-order valence-electron chi connectivity index (χ4n) is 3.27. The molecule has 0 N–H and O–H groups in total. The smallest absolute Gasteiger partial charge is 0.272 e. The Morgan fingerprint density at radius 3 is 2.87 bits per heavy atom. The summed E-state index contributed by atoms with van der Waals surface area (Å²) in [6.45, 7) is 3.31. The van der Waals surface area contributed by atoms with Crippen LogP contribution in [0, 0.1) is 6.92 Å². The molecule has 0 spiro atoms. The number of pyridine rings is 1. The molecule has 1 aromatic heterocycles. The van der Waals surface area contributed by atoms with Crippen molar-refractivity contribution in [3.05, 3.63) is 65.0 Å². The number of carbonyl (C=O) groups excluding carboxylic acids is 1. The van der Waals surface area contributed by atoms with Gasteiger partial charge in [-0.25, -0.2) is 4.98 Å². The number of rotatable bonds is 4. The Bertz CT molecular complexity index is 699. The number of aromatic nitrogens is 1. The predicted molar refractivity (Wildman–Crippen MR) is 89.1 cm³/mol. The molecule has 3 rings (SSSR count). The number of hydrogen-bond donors (Lipinski definition) is 0. The molecular weight excluding hydrogens is 288 g/mol. The Morgan fingerprint density at radius 1 is 1.26 bits per heavy atom. The summed E-state index contributed by atoms with van der Waals surface area (Å²) < 4.78 is 5.11. The number of carbonyl (C=O) groups is 1. The molecule has 0 saturated carbocycles. The third kappa shape index (κ3) is 3.27. The Balaban J connectivity index is 1.86. The molecule has 1 atom stereocenters.